The van der Waals surface area contributed by atoms with Gasteiger partial charge in [0.2, 0.25) is 0 Å². The summed E-state index contributed by atoms with van der Waals surface area (Å²) < 4.78 is 32.5. The van der Waals surface area contributed by atoms with Gasteiger partial charge in [0, 0.05) is 12.8 Å². The number of carbonyl (C=O) groups is 3. The number of phosphoric ester groups is 1. The van der Waals surface area contributed by atoms with Crippen LogP contribution < -0.4 is 5.73 Å². The Bertz CT molecular complexity index is 984. The van der Waals surface area contributed by atoms with Crippen LogP contribution in [0.4, 0.5) is 0 Å². The summed E-state index contributed by atoms with van der Waals surface area (Å²) in [6, 6.07) is -1.52. The topological polar surface area (TPSA) is 172 Å². The Hall–Kier alpha value is -2.30. The number of phosphoric acid groups is 1. The molecule has 3 atom stereocenters. The molecule has 0 aliphatic carbocycles. The summed E-state index contributed by atoms with van der Waals surface area (Å²) in [7, 11) is -4.71. The largest absolute Gasteiger partial charge is 0.480 e. The van der Waals surface area contributed by atoms with Gasteiger partial charge in [-0.25, -0.2) is 4.57 Å². The molecular formula is C37H66NO10P. The van der Waals surface area contributed by atoms with Gasteiger partial charge >= 0.3 is 25.7 Å². The molecule has 12 heteroatoms. The highest BCUT2D eigenvalue weighted by molar-refractivity contribution is 7.47. The molecule has 0 aliphatic heterocycles. The van der Waals surface area contributed by atoms with Crippen LogP contribution in [0.1, 0.15) is 149 Å². The number of unbranched alkanes of at least 4 members (excludes halogenated alkanes) is 14. The van der Waals surface area contributed by atoms with E-state index in [1.165, 1.54) is 25.7 Å². The molecule has 0 heterocycles. The summed E-state index contributed by atoms with van der Waals surface area (Å²) in [4.78, 5) is 45.7. The van der Waals surface area contributed by atoms with E-state index < -0.39 is 51.1 Å². The summed E-state index contributed by atoms with van der Waals surface area (Å²) in [5, 5.41) is 8.85. The molecule has 0 saturated carbocycles. The Balaban J connectivity index is 4.50. The van der Waals surface area contributed by atoms with Crippen LogP contribution >= 0.6 is 7.82 Å². The minimum Gasteiger partial charge on any atom is -0.480 e. The van der Waals surface area contributed by atoms with Crippen molar-refractivity contribution in [1.29, 1.82) is 0 Å². The number of allylic oxidation sites excluding steroid dienone is 6. The highest BCUT2D eigenvalue weighted by Crippen LogP contribution is 2.43. The van der Waals surface area contributed by atoms with Crippen LogP contribution in [0.2, 0.25) is 0 Å². The van der Waals surface area contributed by atoms with E-state index in [1.807, 2.05) is 0 Å². The van der Waals surface area contributed by atoms with E-state index in [-0.39, 0.29) is 19.4 Å². The van der Waals surface area contributed by atoms with Crippen molar-refractivity contribution in [2.75, 3.05) is 19.8 Å². The van der Waals surface area contributed by atoms with Gasteiger partial charge in [0.15, 0.2) is 6.10 Å². The number of aliphatic carboxylic acids is 1. The number of hydrogen-bond donors (Lipinski definition) is 3. The third-order valence-corrected chi connectivity index (χ3v) is 8.56. The van der Waals surface area contributed by atoms with E-state index in [1.54, 1.807) is 0 Å². The quantitative estimate of drug-likeness (QED) is 0.0251. The van der Waals surface area contributed by atoms with Gasteiger partial charge in [-0.15, -0.1) is 0 Å². The lowest BCUT2D eigenvalue weighted by molar-refractivity contribution is -0.161. The van der Waals surface area contributed by atoms with Crippen LogP contribution in [0.5, 0.6) is 0 Å². The van der Waals surface area contributed by atoms with Gasteiger partial charge in [0.05, 0.1) is 13.2 Å². The van der Waals surface area contributed by atoms with E-state index in [0.29, 0.717) is 12.8 Å². The third-order valence-electron chi connectivity index (χ3n) is 7.61. The fourth-order valence-electron chi connectivity index (χ4n) is 4.59. The maximum absolute atomic E-state index is 12.5. The molecular weight excluding hydrogens is 649 g/mol. The predicted octanol–water partition coefficient (Wildman–Crippen LogP) is 8.89. The van der Waals surface area contributed by atoms with Crippen LogP contribution in [0.3, 0.4) is 0 Å². The molecule has 0 aromatic rings. The first kappa shape index (κ1) is 46.7. The van der Waals surface area contributed by atoms with Crippen molar-refractivity contribution >= 4 is 25.7 Å². The fourth-order valence-corrected chi connectivity index (χ4v) is 5.37. The average molecular weight is 716 g/mol. The maximum Gasteiger partial charge on any atom is 0.472 e. The van der Waals surface area contributed by atoms with Gasteiger partial charge < -0.3 is 25.2 Å². The summed E-state index contributed by atoms with van der Waals surface area (Å²) in [6.07, 6.45) is 32.2. The van der Waals surface area contributed by atoms with Gasteiger partial charge in [-0.3, -0.25) is 23.4 Å². The highest BCUT2D eigenvalue weighted by atomic mass is 31.2. The lowest BCUT2D eigenvalue weighted by Gasteiger charge is -2.20. The average Bonchev–Trinajstić information content (AvgIpc) is 3.07. The zero-order chi connectivity index (χ0) is 36.4. The van der Waals surface area contributed by atoms with Gasteiger partial charge in [-0.05, 0) is 57.8 Å². The Labute approximate surface area is 295 Å². The molecule has 11 nitrogen and oxygen atoms in total. The van der Waals surface area contributed by atoms with E-state index in [0.717, 1.165) is 83.5 Å². The molecule has 3 unspecified atom stereocenters. The smallest absolute Gasteiger partial charge is 0.472 e. The molecule has 4 N–H and O–H groups in total. The van der Waals surface area contributed by atoms with Gasteiger partial charge in [-0.2, -0.15) is 0 Å². The van der Waals surface area contributed by atoms with E-state index in [9.17, 15) is 23.8 Å². The fraction of sp³-hybridized carbons (Fsp3) is 0.757. The number of carboxylic acids is 1. The molecule has 0 bridgehead atoms. The van der Waals surface area contributed by atoms with Crippen LogP contribution in [0.25, 0.3) is 0 Å². The van der Waals surface area contributed by atoms with Crippen LogP contribution in [0, 0.1) is 0 Å². The van der Waals surface area contributed by atoms with Crippen molar-refractivity contribution in [2.45, 2.75) is 161 Å². The van der Waals surface area contributed by atoms with Crippen molar-refractivity contribution < 1.29 is 47.5 Å². The summed E-state index contributed by atoms with van der Waals surface area (Å²) in [5.74, 6) is -2.41. The van der Waals surface area contributed by atoms with Crippen LogP contribution in [-0.4, -0.2) is 59.9 Å². The Morgan fingerprint density at radius 3 is 1.61 bits per heavy atom. The Kier molecular flexibility index (Phi) is 31.3. The van der Waals surface area contributed by atoms with Crippen molar-refractivity contribution in [3.63, 3.8) is 0 Å². The lowest BCUT2D eigenvalue weighted by atomic mass is 10.1. The summed E-state index contributed by atoms with van der Waals surface area (Å²) in [5.41, 5.74) is 5.31. The maximum atomic E-state index is 12.5. The first-order valence-corrected chi connectivity index (χ1v) is 20.0. The number of ether oxygens (including phenoxy) is 2. The molecule has 49 heavy (non-hydrogen) atoms. The second-order valence-electron chi connectivity index (χ2n) is 12.3. The minimum atomic E-state index is -4.71. The number of carbonyl (C=O) groups excluding carboxylic acids is 2. The van der Waals surface area contributed by atoms with Crippen molar-refractivity contribution in [1.82, 2.24) is 0 Å². The molecule has 0 fully saturated rings. The number of hydrogen-bond acceptors (Lipinski definition) is 9. The molecule has 0 amide bonds. The zero-order valence-electron chi connectivity index (χ0n) is 30.3. The van der Waals surface area contributed by atoms with Crippen molar-refractivity contribution in [3.05, 3.63) is 36.5 Å². The Morgan fingerprint density at radius 2 is 1.08 bits per heavy atom. The second kappa shape index (κ2) is 32.9. The Morgan fingerprint density at radius 1 is 0.633 bits per heavy atom. The van der Waals surface area contributed by atoms with E-state index in [4.69, 9.17) is 24.8 Å². The monoisotopic (exact) mass is 715 g/mol. The molecule has 0 saturated heterocycles. The number of carboxylic acid groups (broad SMARTS) is 1. The van der Waals surface area contributed by atoms with Crippen molar-refractivity contribution in [2.24, 2.45) is 5.73 Å². The number of esters is 2. The van der Waals surface area contributed by atoms with Crippen LogP contribution in [-0.2, 0) is 37.5 Å². The van der Waals surface area contributed by atoms with Crippen LogP contribution in [0.15, 0.2) is 36.5 Å². The van der Waals surface area contributed by atoms with Gasteiger partial charge in [0.1, 0.15) is 12.6 Å². The number of nitrogens with two attached hydrogens (primary N) is 1. The lowest BCUT2D eigenvalue weighted by Crippen LogP contribution is -2.34. The summed E-state index contributed by atoms with van der Waals surface area (Å²) in [6.45, 7) is 2.67. The second-order valence-corrected chi connectivity index (χ2v) is 13.8. The number of rotatable bonds is 34. The van der Waals surface area contributed by atoms with Gasteiger partial charge in [0.25, 0.3) is 0 Å². The first-order chi connectivity index (χ1) is 23.6. The molecule has 0 aliphatic rings. The summed E-state index contributed by atoms with van der Waals surface area (Å²) >= 11 is 0. The normalized spacial score (nSPS) is 14.4. The molecule has 284 valence electrons. The molecule has 0 aromatic carbocycles. The zero-order valence-corrected chi connectivity index (χ0v) is 31.2. The van der Waals surface area contributed by atoms with Gasteiger partial charge in [-0.1, -0.05) is 115 Å². The van der Waals surface area contributed by atoms with Crippen molar-refractivity contribution in [3.8, 4) is 0 Å². The van der Waals surface area contributed by atoms with E-state index in [2.05, 4.69) is 54.8 Å². The molecule has 0 radical (unpaired) electrons. The van der Waals surface area contributed by atoms with E-state index >= 15 is 0 Å². The first-order valence-electron chi connectivity index (χ1n) is 18.5. The standard InChI is InChI=1S/C37H66NO10P/c1-3-5-7-9-11-13-15-16-17-19-21-23-25-27-29-36(40)48-33(31-46-49(43,44)47-32-34(38)37(41)42)30-45-35(39)28-26-24-22-20-18-14-12-10-8-6-4-2/h9-12,15-16,33-34H,3-8,13-14,17-32,38H2,1-2H3,(H,41,42)(H,43,44)/b11-9-,12-10-,16-15-. The molecule has 0 spiro atoms. The third kappa shape index (κ3) is 32.7. The molecule has 0 rings (SSSR count). The molecule has 0 aromatic heterocycles. The highest BCUT2D eigenvalue weighted by Gasteiger charge is 2.28. The minimum absolute atomic E-state index is 0.143. The SMILES string of the molecule is CCCC/C=C\C/C=C\CCCCCCCC(=O)OC(COC(=O)CCCCCCC/C=C\CCCC)COP(=O)(O)OCC(N)C(=O)O. The predicted molar refractivity (Wildman–Crippen MR) is 194 cm³/mol.